The molecule has 0 aliphatic rings. The number of carbonyl (C=O) groups is 1. The second-order valence-corrected chi connectivity index (χ2v) is 5.40. The number of benzene rings is 1. The average molecular weight is 308 g/mol. The van der Waals surface area contributed by atoms with Crippen LogP contribution in [0.25, 0.3) is 11.0 Å². The summed E-state index contributed by atoms with van der Waals surface area (Å²) in [5.74, 6) is -0.277. The highest BCUT2D eigenvalue weighted by molar-refractivity contribution is 5.90. The van der Waals surface area contributed by atoms with Gasteiger partial charge in [0.1, 0.15) is 12.9 Å². The number of nitrogens with zero attached hydrogens (tertiary/aromatic N) is 3. The molecular weight excluding hydrogens is 292 g/mol. The summed E-state index contributed by atoms with van der Waals surface area (Å²) in [7, 11) is 0. The van der Waals surface area contributed by atoms with Crippen LogP contribution in [0.4, 0.5) is 5.69 Å². The van der Waals surface area contributed by atoms with Crippen LogP contribution >= 0.6 is 0 Å². The van der Waals surface area contributed by atoms with Crippen molar-refractivity contribution in [2.75, 3.05) is 5.32 Å². The second kappa shape index (κ2) is 6.00. The summed E-state index contributed by atoms with van der Waals surface area (Å²) in [5.41, 5.74) is 3.06. The first-order chi connectivity index (χ1) is 11.0. The number of pyridine rings is 1. The van der Waals surface area contributed by atoms with Gasteiger partial charge in [-0.15, -0.1) is 0 Å². The zero-order chi connectivity index (χ0) is 16.4. The number of amides is 1. The van der Waals surface area contributed by atoms with Crippen molar-refractivity contribution in [3.63, 3.8) is 0 Å². The van der Waals surface area contributed by atoms with Gasteiger partial charge in [0.05, 0.1) is 5.39 Å². The van der Waals surface area contributed by atoms with E-state index in [1.807, 2.05) is 32.0 Å². The minimum Gasteiger partial charge on any atom is -0.325 e. The molecule has 6 heteroatoms. The number of aromatic nitrogens is 3. The summed E-state index contributed by atoms with van der Waals surface area (Å²) in [6.07, 6.45) is 2.92. The number of anilines is 1. The smallest absolute Gasteiger partial charge is 0.263 e. The summed E-state index contributed by atoms with van der Waals surface area (Å²) in [5, 5.41) is 3.19. The maximum Gasteiger partial charge on any atom is 0.263 e. The first kappa shape index (κ1) is 14.9. The molecule has 0 spiro atoms. The molecule has 6 nitrogen and oxygen atoms in total. The Labute approximate surface area is 132 Å². The van der Waals surface area contributed by atoms with Crippen LogP contribution in [0.15, 0.2) is 47.7 Å². The third kappa shape index (κ3) is 3.11. The maximum atomic E-state index is 12.3. The minimum atomic E-state index is -0.279. The molecule has 23 heavy (non-hydrogen) atoms. The van der Waals surface area contributed by atoms with Gasteiger partial charge in [-0.25, -0.2) is 9.97 Å². The Bertz CT molecular complexity index is 947. The molecule has 1 N–H and O–H groups in total. The van der Waals surface area contributed by atoms with Crippen molar-refractivity contribution in [1.29, 1.82) is 0 Å². The van der Waals surface area contributed by atoms with Gasteiger partial charge < -0.3 is 5.32 Å². The fourth-order valence-electron chi connectivity index (χ4n) is 2.29. The van der Waals surface area contributed by atoms with E-state index in [1.165, 1.54) is 10.9 Å². The number of rotatable bonds is 3. The van der Waals surface area contributed by atoms with Crippen LogP contribution in [0, 0.1) is 13.8 Å². The van der Waals surface area contributed by atoms with Gasteiger partial charge in [-0.2, -0.15) is 0 Å². The van der Waals surface area contributed by atoms with E-state index in [0.29, 0.717) is 16.7 Å². The fraction of sp³-hybridized carbons (Fsp3) is 0.176. The lowest BCUT2D eigenvalue weighted by Crippen LogP contribution is -2.28. The van der Waals surface area contributed by atoms with Crippen LogP contribution < -0.4 is 10.9 Å². The van der Waals surface area contributed by atoms with Gasteiger partial charge >= 0.3 is 0 Å². The van der Waals surface area contributed by atoms with E-state index in [1.54, 1.807) is 18.3 Å². The number of fused-ring (bicyclic) bond motifs is 1. The molecule has 0 saturated heterocycles. The fourth-order valence-corrected chi connectivity index (χ4v) is 2.29. The molecule has 2 heterocycles. The zero-order valence-electron chi connectivity index (χ0n) is 12.9. The van der Waals surface area contributed by atoms with Gasteiger partial charge in [-0.1, -0.05) is 6.07 Å². The standard InChI is InChI=1S/C17H16N4O2/c1-11-5-6-13(8-12(11)2)20-15(22)9-21-10-19-16-14(17(21)23)4-3-7-18-16/h3-8,10H,9H2,1-2H3,(H,20,22). The molecule has 2 aromatic heterocycles. The first-order valence-corrected chi connectivity index (χ1v) is 7.22. The Morgan fingerprint density at radius 1 is 1.17 bits per heavy atom. The van der Waals surface area contributed by atoms with Crippen LogP contribution in [0.3, 0.4) is 0 Å². The number of hydrogen-bond donors (Lipinski definition) is 1. The van der Waals surface area contributed by atoms with Crippen LogP contribution in [-0.2, 0) is 11.3 Å². The van der Waals surface area contributed by atoms with E-state index < -0.39 is 0 Å². The largest absolute Gasteiger partial charge is 0.325 e. The summed E-state index contributed by atoms with van der Waals surface area (Å²) in [6.45, 7) is 3.90. The van der Waals surface area contributed by atoms with Crippen molar-refractivity contribution in [2.24, 2.45) is 0 Å². The van der Waals surface area contributed by atoms with Crippen molar-refractivity contribution in [2.45, 2.75) is 20.4 Å². The summed E-state index contributed by atoms with van der Waals surface area (Å²) in [4.78, 5) is 32.6. The van der Waals surface area contributed by atoms with Gasteiger partial charge in [0.15, 0.2) is 5.65 Å². The molecule has 0 unspecified atom stereocenters. The molecule has 0 saturated carbocycles. The highest BCUT2D eigenvalue weighted by Crippen LogP contribution is 2.14. The van der Waals surface area contributed by atoms with Crippen molar-refractivity contribution < 1.29 is 4.79 Å². The average Bonchev–Trinajstić information content (AvgIpc) is 2.54. The van der Waals surface area contributed by atoms with E-state index in [-0.39, 0.29) is 18.0 Å². The molecule has 3 rings (SSSR count). The maximum absolute atomic E-state index is 12.3. The zero-order valence-corrected chi connectivity index (χ0v) is 12.9. The molecule has 0 atom stereocenters. The molecule has 1 amide bonds. The van der Waals surface area contributed by atoms with E-state index in [0.717, 1.165) is 11.1 Å². The van der Waals surface area contributed by atoms with Crippen molar-refractivity contribution in [1.82, 2.24) is 14.5 Å². The quantitative estimate of drug-likeness (QED) is 0.803. The van der Waals surface area contributed by atoms with Gasteiger partial charge in [-0.3, -0.25) is 14.2 Å². The van der Waals surface area contributed by atoms with E-state index in [4.69, 9.17) is 0 Å². The predicted molar refractivity (Wildman–Crippen MR) is 88.3 cm³/mol. The van der Waals surface area contributed by atoms with Gasteiger partial charge in [0.2, 0.25) is 5.91 Å². The van der Waals surface area contributed by atoms with E-state index in [9.17, 15) is 9.59 Å². The monoisotopic (exact) mass is 308 g/mol. The minimum absolute atomic E-state index is 0.0937. The third-order valence-corrected chi connectivity index (χ3v) is 3.70. The van der Waals surface area contributed by atoms with Crippen LogP contribution in [0.2, 0.25) is 0 Å². The van der Waals surface area contributed by atoms with Crippen LogP contribution in [0.1, 0.15) is 11.1 Å². The molecule has 1 aromatic carbocycles. The molecule has 116 valence electrons. The lowest BCUT2D eigenvalue weighted by atomic mass is 10.1. The third-order valence-electron chi connectivity index (χ3n) is 3.70. The van der Waals surface area contributed by atoms with Crippen LogP contribution in [0.5, 0.6) is 0 Å². The Balaban J connectivity index is 1.81. The molecule has 0 aliphatic carbocycles. The highest BCUT2D eigenvalue weighted by atomic mass is 16.2. The van der Waals surface area contributed by atoms with Gasteiger partial charge in [0, 0.05) is 11.9 Å². The van der Waals surface area contributed by atoms with Gasteiger partial charge in [0.25, 0.3) is 5.56 Å². The SMILES string of the molecule is Cc1ccc(NC(=O)Cn2cnc3ncccc3c2=O)cc1C. The topological polar surface area (TPSA) is 76.9 Å². The molecule has 0 radical (unpaired) electrons. The number of nitrogens with one attached hydrogen (secondary N) is 1. The summed E-state index contributed by atoms with van der Waals surface area (Å²) >= 11 is 0. The number of hydrogen-bond acceptors (Lipinski definition) is 4. The van der Waals surface area contributed by atoms with Crippen molar-refractivity contribution in [3.05, 3.63) is 64.3 Å². The van der Waals surface area contributed by atoms with Crippen molar-refractivity contribution >= 4 is 22.6 Å². The lowest BCUT2D eigenvalue weighted by molar-refractivity contribution is -0.116. The Morgan fingerprint density at radius 2 is 2.00 bits per heavy atom. The molecule has 0 aliphatic heterocycles. The Hall–Kier alpha value is -3.02. The number of carbonyl (C=O) groups excluding carboxylic acids is 1. The molecule has 0 fully saturated rings. The normalized spacial score (nSPS) is 10.7. The predicted octanol–water partition coefficient (Wildman–Crippen LogP) is 2.05. The number of aryl methyl sites for hydroxylation is 2. The molecular formula is C17H16N4O2. The highest BCUT2D eigenvalue weighted by Gasteiger charge is 2.09. The summed E-state index contributed by atoms with van der Waals surface area (Å²) < 4.78 is 1.28. The summed E-state index contributed by atoms with van der Waals surface area (Å²) in [6, 6.07) is 9.00. The lowest BCUT2D eigenvalue weighted by Gasteiger charge is -2.09. The van der Waals surface area contributed by atoms with Crippen LogP contribution in [-0.4, -0.2) is 20.4 Å². The molecule has 0 bridgehead atoms. The second-order valence-electron chi connectivity index (χ2n) is 5.40. The van der Waals surface area contributed by atoms with Crippen molar-refractivity contribution in [3.8, 4) is 0 Å². The Kier molecular flexibility index (Phi) is 3.89. The van der Waals surface area contributed by atoms with E-state index >= 15 is 0 Å². The first-order valence-electron chi connectivity index (χ1n) is 7.22. The Morgan fingerprint density at radius 3 is 2.78 bits per heavy atom. The molecule has 3 aromatic rings. The van der Waals surface area contributed by atoms with Gasteiger partial charge in [-0.05, 0) is 49.2 Å². The van der Waals surface area contributed by atoms with E-state index in [2.05, 4.69) is 15.3 Å².